The van der Waals surface area contributed by atoms with Gasteiger partial charge in [0.2, 0.25) is 0 Å². The van der Waals surface area contributed by atoms with Gasteiger partial charge < -0.3 is 10.1 Å². The first-order chi connectivity index (χ1) is 5.50. The molecule has 3 heteroatoms. The van der Waals surface area contributed by atoms with Crippen LogP contribution in [-0.4, -0.2) is 35.0 Å². The second-order valence-electron chi connectivity index (χ2n) is 4.14. The highest BCUT2D eigenvalue weighted by atomic mass is 16.4. The Morgan fingerprint density at radius 3 is 2.67 bits per heavy atom. The molecule has 70 valence electrons. The Morgan fingerprint density at radius 1 is 1.58 bits per heavy atom. The minimum absolute atomic E-state index is 0.111. The lowest BCUT2D eigenvalue weighted by molar-refractivity contribution is 0.108. The standard InChI is InChI=1S/C9H18N2O/c1-7-8(10-12)5-6-11(4)9(7,2)3/h7,12H,5-6H2,1-4H3. The van der Waals surface area contributed by atoms with Gasteiger partial charge in [-0.05, 0) is 20.9 Å². The van der Waals surface area contributed by atoms with Crippen molar-refractivity contribution >= 4 is 5.71 Å². The Balaban J connectivity index is 2.85. The fourth-order valence-corrected chi connectivity index (χ4v) is 1.66. The maximum atomic E-state index is 8.75. The van der Waals surface area contributed by atoms with E-state index in [-0.39, 0.29) is 5.54 Å². The van der Waals surface area contributed by atoms with E-state index in [4.69, 9.17) is 5.21 Å². The normalized spacial score (nSPS) is 34.0. The Morgan fingerprint density at radius 2 is 2.17 bits per heavy atom. The van der Waals surface area contributed by atoms with Crippen LogP contribution in [0.2, 0.25) is 0 Å². The molecule has 0 amide bonds. The molecular weight excluding hydrogens is 152 g/mol. The molecule has 1 saturated heterocycles. The molecule has 1 aliphatic rings. The average Bonchev–Trinajstić information content (AvgIpc) is 2.02. The molecule has 1 atom stereocenters. The van der Waals surface area contributed by atoms with Gasteiger partial charge in [0.05, 0.1) is 5.71 Å². The van der Waals surface area contributed by atoms with E-state index in [0.29, 0.717) is 5.92 Å². The second kappa shape index (κ2) is 3.05. The lowest BCUT2D eigenvalue weighted by Crippen LogP contribution is -2.53. The Hall–Kier alpha value is -0.570. The summed E-state index contributed by atoms with van der Waals surface area (Å²) in [5.41, 5.74) is 1.04. The van der Waals surface area contributed by atoms with E-state index in [1.165, 1.54) is 0 Å². The first-order valence-electron chi connectivity index (χ1n) is 4.42. The molecule has 1 unspecified atom stereocenters. The molecule has 0 aromatic rings. The van der Waals surface area contributed by atoms with Gasteiger partial charge in [-0.25, -0.2) is 0 Å². The minimum Gasteiger partial charge on any atom is -0.411 e. The van der Waals surface area contributed by atoms with Crippen molar-refractivity contribution in [3.8, 4) is 0 Å². The van der Waals surface area contributed by atoms with Gasteiger partial charge in [0.25, 0.3) is 0 Å². The molecule has 0 radical (unpaired) electrons. The predicted molar refractivity (Wildman–Crippen MR) is 49.7 cm³/mol. The van der Waals surface area contributed by atoms with E-state index >= 15 is 0 Å². The van der Waals surface area contributed by atoms with Crippen molar-refractivity contribution in [2.24, 2.45) is 11.1 Å². The summed E-state index contributed by atoms with van der Waals surface area (Å²) in [7, 11) is 2.12. The van der Waals surface area contributed by atoms with Crippen molar-refractivity contribution in [1.82, 2.24) is 4.90 Å². The summed E-state index contributed by atoms with van der Waals surface area (Å²) in [5.74, 6) is 0.334. The molecule has 1 heterocycles. The smallest absolute Gasteiger partial charge is 0.0629 e. The van der Waals surface area contributed by atoms with Crippen molar-refractivity contribution in [3.05, 3.63) is 0 Å². The molecule has 3 nitrogen and oxygen atoms in total. The quantitative estimate of drug-likeness (QED) is 0.442. The molecule has 0 aromatic heterocycles. The van der Waals surface area contributed by atoms with Crippen LogP contribution < -0.4 is 0 Å². The van der Waals surface area contributed by atoms with Crippen molar-refractivity contribution in [3.63, 3.8) is 0 Å². The zero-order valence-corrected chi connectivity index (χ0v) is 8.33. The number of piperidine rings is 1. The molecular formula is C9H18N2O. The van der Waals surface area contributed by atoms with Crippen LogP contribution in [0.5, 0.6) is 0 Å². The monoisotopic (exact) mass is 170 g/mol. The van der Waals surface area contributed by atoms with Crippen LogP contribution in [0.25, 0.3) is 0 Å². The lowest BCUT2D eigenvalue weighted by atomic mass is 9.79. The van der Waals surface area contributed by atoms with Crippen LogP contribution >= 0.6 is 0 Å². The Labute approximate surface area is 74.1 Å². The van der Waals surface area contributed by atoms with E-state index in [1.54, 1.807) is 0 Å². The molecule has 0 aromatic carbocycles. The fraction of sp³-hybridized carbons (Fsp3) is 0.889. The predicted octanol–water partition coefficient (Wildman–Crippen LogP) is 1.57. The molecule has 12 heavy (non-hydrogen) atoms. The molecule has 0 saturated carbocycles. The van der Waals surface area contributed by atoms with Gasteiger partial charge in [0, 0.05) is 24.4 Å². The van der Waals surface area contributed by atoms with Gasteiger partial charge in [0.1, 0.15) is 0 Å². The minimum atomic E-state index is 0.111. The van der Waals surface area contributed by atoms with Crippen molar-refractivity contribution < 1.29 is 5.21 Å². The van der Waals surface area contributed by atoms with Crippen LogP contribution in [0.4, 0.5) is 0 Å². The van der Waals surface area contributed by atoms with Crippen molar-refractivity contribution in [2.45, 2.75) is 32.7 Å². The maximum Gasteiger partial charge on any atom is 0.0629 e. The van der Waals surface area contributed by atoms with E-state index in [1.807, 2.05) is 0 Å². The van der Waals surface area contributed by atoms with E-state index in [0.717, 1.165) is 18.7 Å². The number of hydrogen-bond acceptors (Lipinski definition) is 3. The summed E-state index contributed by atoms with van der Waals surface area (Å²) in [4.78, 5) is 2.31. The highest BCUT2D eigenvalue weighted by Gasteiger charge is 2.37. The third kappa shape index (κ3) is 1.33. The van der Waals surface area contributed by atoms with Gasteiger partial charge >= 0.3 is 0 Å². The Kier molecular flexibility index (Phi) is 2.42. The van der Waals surface area contributed by atoms with Gasteiger partial charge in [-0.1, -0.05) is 12.1 Å². The van der Waals surface area contributed by atoms with Crippen molar-refractivity contribution in [2.75, 3.05) is 13.6 Å². The second-order valence-corrected chi connectivity index (χ2v) is 4.14. The van der Waals surface area contributed by atoms with Crippen molar-refractivity contribution in [1.29, 1.82) is 0 Å². The molecule has 1 N–H and O–H groups in total. The summed E-state index contributed by atoms with van der Waals surface area (Å²) in [5, 5.41) is 12.1. The van der Waals surface area contributed by atoms with Crippen LogP contribution in [0.1, 0.15) is 27.2 Å². The molecule has 1 fully saturated rings. The molecule has 0 bridgehead atoms. The highest BCUT2D eigenvalue weighted by Crippen LogP contribution is 2.29. The highest BCUT2D eigenvalue weighted by molar-refractivity contribution is 5.88. The first-order valence-corrected chi connectivity index (χ1v) is 4.42. The van der Waals surface area contributed by atoms with Gasteiger partial charge in [-0.15, -0.1) is 0 Å². The largest absolute Gasteiger partial charge is 0.411 e. The van der Waals surface area contributed by atoms with E-state index in [2.05, 4.69) is 37.9 Å². The number of oxime groups is 1. The summed E-state index contributed by atoms with van der Waals surface area (Å²) in [6.07, 6.45) is 0.887. The van der Waals surface area contributed by atoms with Crippen LogP contribution in [-0.2, 0) is 0 Å². The summed E-state index contributed by atoms with van der Waals surface area (Å²) >= 11 is 0. The maximum absolute atomic E-state index is 8.75. The average molecular weight is 170 g/mol. The van der Waals surface area contributed by atoms with Crippen LogP contribution in [0.3, 0.4) is 0 Å². The zero-order chi connectivity index (χ0) is 9.35. The summed E-state index contributed by atoms with van der Waals surface area (Å²) in [6, 6.07) is 0. The number of hydrogen-bond donors (Lipinski definition) is 1. The zero-order valence-electron chi connectivity index (χ0n) is 8.33. The van der Waals surface area contributed by atoms with Crippen LogP contribution in [0.15, 0.2) is 5.16 Å². The number of likely N-dealkylation sites (tertiary alicyclic amines) is 1. The van der Waals surface area contributed by atoms with E-state index < -0.39 is 0 Å². The molecule has 0 spiro atoms. The summed E-state index contributed by atoms with van der Waals surface area (Å²) in [6.45, 7) is 7.46. The van der Waals surface area contributed by atoms with Crippen LogP contribution in [0, 0.1) is 5.92 Å². The lowest BCUT2D eigenvalue weighted by Gasteiger charge is -2.44. The number of nitrogens with zero attached hydrogens (tertiary/aromatic N) is 2. The summed E-state index contributed by atoms with van der Waals surface area (Å²) < 4.78 is 0. The molecule has 1 aliphatic heterocycles. The van der Waals surface area contributed by atoms with Gasteiger partial charge in [0.15, 0.2) is 0 Å². The van der Waals surface area contributed by atoms with Gasteiger partial charge in [-0.3, -0.25) is 0 Å². The Bertz CT molecular complexity index is 199. The first kappa shape index (κ1) is 9.52. The van der Waals surface area contributed by atoms with Gasteiger partial charge in [-0.2, -0.15) is 0 Å². The number of rotatable bonds is 0. The topological polar surface area (TPSA) is 35.8 Å². The van der Waals surface area contributed by atoms with E-state index in [9.17, 15) is 0 Å². The third-order valence-corrected chi connectivity index (χ3v) is 3.38. The molecule has 0 aliphatic carbocycles. The SMILES string of the molecule is CC1C(=NO)CCN(C)C1(C)C. The third-order valence-electron chi connectivity index (χ3n) is 3.38. The fourth-order valence-electron chi connectivity index (χ4n) is 1.66. The molecule has 1 rings (SSSR count).